The van der Waals surface area contributed by atoms with Crippen LogP contribution >= 0.6 is 0 Å². The molecule has 0 saturated carbocycles. The van der Waals surface area contributed by atoms with Crippen LogP contribution in [0.3, 0.4) is 0 Å². The maximum atomic E-state index is 12.5. The lowest BCUT2D eigenvalue weighted by Crippen LogP contribution is -2.45. The fourth-order valence-electron chi connectivity index (χ4n) is 3.98. The van der Waals surface area contributed by atoms with Crippen LogP contribution in [0.25, 0.3) is 10.8 Å². The second-order valence-corrected chi connectivity index (χ2v) is 8.43. The molecule has 0 spiro atoms. The summed E-state index contributed by atoms with van der Waals surface area (Å²) in [7, 11) is 3.30. The molecule has 8 heteroatoms. The lowest BCUT2D eigenvalue weighted by Gasteiger charge is -2.32. The summed E-state index contributed by atoms with van der Waals surface area (Å²) in [5.41, 5.74) is 1.58. The van der Waals surface area contributed by atoms with E-state index in [1.54, 1.807) is 39.3 Å². The molecule has 3 aromatic rings. The highest BCUT2D eigenvalue weighted by Gasteiger charge is 2.31. The van der Waals surface area contributed by atoms with Gasteiger partial charge < -0.3 is 24.0 Å². The zero-order chi connectivity index (χ0) is 24.9. The van der Waals surface area contributed by atoms with Crippen molar-refractivity contribution >= 4 is 34.2 Å². The number of likely N-dealkylation sites (N-methyl/N-ethyl adjacent to an activating group) is 1. The van der Waals surface area contributed by atoms with Gasteiger partial charge in [-0.15, -0.1) is 0 Å². The molecule has 35 heavy (non-hydrogen) atoms. The van der Waals surface area contributed by atoms with E-state index in [1.807, 2.05) is 42.5 Å². The average Bonchev–Trinajstić information content (AvgIpc) is 2.87. The third-order valence-electron chi connectivity index (χ3n) is 5.93. The Morgan fingerprint density at radius 1 is 1.06 bits per heavy atom. The smallest absolute Gasteiger partial charge is 0.308 e. The number of carbonyl (C=O) groups is 3. The van der Waals surface area contributed by atoms with E-state index in [4.69, 9.17) is 14.2 Å². The number of methoxy groups -OCH3 is 1. The summed E-state index contributed by atoms with van der Waals surface area (Å²) >= 11 is 0. The van der Waals surface area contributed by atoms with E-state index in [1.165, 1.54) is 9.80 Å². The molecule has 0 saturated heterocycles. The van der Waals surface area contributed by atoms with Gasteiger partial charge >= 0.3 is 5.97 Å². The highest BCUT2D eigenvalue weighted by Crippen LogP contribution is 2.33. The van der Waals surface area contributed by atoms with Crippen molar-refractivity contribution in [1.82, 2.24) is 4.90 Å². The van der Waals surface area contributed by atoms with Crippen LogP contribution in [-0.4, -0.2) is 56.1 Å². The molecular formula is C27H28N2O6. The fourth-order valence-corrected chi connectivity index (χ4v) is 3.98. The molecule has 182 valence electrons. The molecule has 0 radical (unpaired) electrons. The quantitative estimate of drug-likeness (QED) is 0.462. The lowest BCUT2D eigenvalue weighted by atomic mass is 10.1. The van der Waals surface area contributed by atoms with Crippen molar-refractivity contribution in [2.45, 2.75) is 26.0 Å². The molecule has 0 bridgehead atoms. The molecule has 2 amide bonds. The van der Waals surface area contributed by atoms with Crippen molar-refractivity contribution in [1.29, 1.82) is 0 Å². The number of rotatable bonds is 8. The normalized spacial score (nSPS) is 14.8. The minimum Gasteiger partial charge on any atom is -0.497 e. The second-order valence-electron chi connectivity index (χ2n) is 8.43. The number of fused-ring (bicyclic) bond motifs is 2. The molecular weight excluding hydrogens is 448 g/mol. The third-order valence-corrected chi connectivity index (χ3v) is 5.93. The van der Waals surface area contributed by atoms with Gasteiger partial charge in [-0.1, -0.05) is 30.3 Å². The molecule has 8 nitrogen and oxygen atoms in total. The summed E-state index contributed by atoms with van der Waals surface area (Å²) in [6.45, 7) is 1.85. The van der Waals surface area contributed by atoms with Crippen molar-refractivity contribution in [2.75, 3.05) is 32.2 Å². The fraction of sp³-hybridized carbons (Fsp3) is 0.296. The van der Waals surface area contributed by atoms with Gasteiger partial charge in [0.2, 0.25) is 0 Å². The van der Waals surface area contributed by atoms with Crippen LogP contribution < -0.4 is 14.4 Å². The van der Waals surface area contributed by atoms with E-state index in [0.717, 1.165) is 22.1 Å². The zero-order valence-electron chi connectivity index (χ0n) is 20.0. The summed E-state index contributed by atoms with van der Waals surface area (Å²) in [6.07, 6.45) is -0.661. The van der Waals surface area contributed by atoms with Crippen LogP contribution in [0.15, 0.2) is 60.7 Å². The number of hydrogen-bond donors (Lipinski definition) is 0. The van der Waals surface area contributed by atoms with Crippen molar-refractivity contribution < 1.29 is 28.6 Å². The molecule has 0 N–H and O–H groups in total. The summed E-state index contributed by atoms with van der Waals surface area (Å²) in [5, 5.41) is 2.09. The second kappa shape index (κ2) is 10.5. The van der Waals surface area contributed by atoms with Gasteiger partial charge in [-0.2, -0.15) is 0 Å². The number of amides is 2. The first-order valence-electron chi connectivity index (χ1n) is 11.4. The molecule has 0 aliphatic carbocycles. The predicted molar refractivity (Wildman–Crippen MR) is 131 cm³/mol. The van der Waals surface area contributed by atoms with Crippen LogP contribution in [-0.2, 0) is 25.7 Å². The summed E-state index contributed by atoms with van der Waals surface area (Å²) < 4.78 is 16.0. The maximum Gasteiger partial charge on any atom is 0.308 e. The van der Waals surface area contributed by atoms with Crippen molar-refractivity contribution in [3.05, 3.63) is 66.2 Å². The van der Waals surface area contributed by atoms with E-state index in [2.05, 4.69) is 0 Å². The molecule has 1 aliphatic rings. The van der Waals surface area contributed by atoms with Gasteiger partial charge in [0.05, 0.1) is 19.2 Å². The third kappa shape index (κ3) is 5.54. The van der Waals surface area contributed by atoms with E-state index >= 15 is 0 Å². The van der Waals surface area contributed by atoms with E-state index in [9.17, 15) is 14.4 Å². The highest BCUT2D eigenvalue weighted by atomic mass is 16.5. The first-order valence-corrected chi connectivity index (χ1v) is 11.4. The van der Waals surface area contributed by atoms with Crippen LogP contribution in [0.4, 0.5) is 5.69 Å². The molecule has 4 rings (SSSR count). The topological polar surface area (TPSA) is 85.4 Å². The number of hydrogen-bond acceptors (Lipinski definition) is 6. The molecule has 3 aromatic carbocycles. The van der Waals surface area contributed by atoms with Crippen LogP contribution in [0, 0.1) is 0 Å². The average molecular weight is 477 g/mol. The Labute approximate surface area is 204 Å². The van der Waals surface area contributed by atoms with Gasteiger partial charge in [-0.3, -0.25) is 14.4 Å². The minimum atomic E-state index is -0.631. The van der Waals surface area contributed by atoms with E-state index < -0.39 is 12.1 Å². The Morgan fingerprint density at radius 2 is 1.80 bits per heavy atom. The molecule has 1 heterocycles. The minimum absolute atomic E-state index is 0.0298. The number of anilines is 1. The SMILES string of the molecule is COc1ccc2cc(CN(C)C(=O)COC(=O)CCN3C(=O)C(C)Oc4ccccc43)ccc2c1. The maximum absolute atomic E-state index is 12.5. The number of ether oxygens (including phenoxy) is 3. The van der Waals surface area contributed by atoms with Crippen molar-refractivity contribution in [3.63, 3.8) is 0 Å². The number of esters is 1. The molecule has 1 atom stereocenters. The Bertz CT molecular complexity index is 1260. The number of benzene rings is 3. The van der Waals surface area contributed by atoms with Gasteiger partial charge in [0, 0.05) is 20.1 Å². The molecule has 0 aromatic heterocycles. The largest absolute Gasteiger partial charge is 0.497 e. The summed E-state index contributed by atoms with van der Waals surface area (Å²) in [5.74, 6) is 0.306. The van der Waals surface area contributed by atoms with Gasteiger partial charge in [0.25, 0.3) is 11.8 Å². The molecule has 1 unspecified atom stereocenters. The lowest BCUT2D eigenvalue weighted by molar-refractivity contribution is -0.151. The Kier molecular flexibility index (Phi) is 7.19. The first-order chi connectivity index (χ1) is 16.9. The van der Waals surface area contributed by atoms with Crippen LogP contribution in [0.5, 0.6) is 11.5 Å². The first kappa shape index (κ1) is 24.1. The van der Waals surface area contributed by atoms with Crippen molar-refractivity contribution in [2.24, 2.45) is 0 Å². The number of carbonyl (C=O) groups excluding carboxylic acids is 3. The zero-order valence-corrected chi connectivity index (χ0v) is 20.0. The van der Waals surface area contributed by atoms with E-state index in [0.29, 0.717) is 18.0 Å². The Hall–Kier alpha value is -4.07. The molecule has 0 fully saturated rings. The standard InChI is InChI=1S/C27H28N2O6/c1-18-27(32)29(23-6-4-5-7-24(23)35-18)13-12-26(31)34-17-25(30)28(2)16-19-8-9-21-15-22(33-3)11-10-20(21)14-19/h4-11,14-15,18H,12-13,16-17H2,1-3H3. The monoisotopic (exact) mass is 476 g/mol. The van der Waals surface area contributed by atoms with Gasteiger partial charge in [0.1, 0.15) is 11.5 Å². The Morgan fingerprint density at radius 3 is 2.60 bits per heavy atom. The van der Waals surface area contributed by atoms with Crippen LogP contribution in [0.2, 0.25) is 0 Å². The van der Waals surface area contributed by atoms with Crippen LogP contribution in [0.1, 0.15) is 18.9 Å². The molecule has 1 aliphatic heterocycles. The van der Waals surface area contributed by atoms with Gasteiger partial charge in [-0.25, -0.2) is 0 Å². The van der Waals surface area contributed by atoms with Gasteiger partial charge in [-0.05, 0) is 53.6 Å². The summed E-state index contributed by atoms with van der Waals surface area (Å²) in [6, 6.07) is 19.0. The van der Waals surface area contributed by atoms with Gasteiger partial charge in [0.15, 0.2) is 12.7 Å². The highest BCUT2D eigenvalue weighted by molar-refractivity contribution is 6.00. The van der Waals surface area contributed by atoms with Crippen molar-refractivity contribution in [3.8, 4) is 11.5 Å². The number of para-hydroxylation sites is 2. The summed E-state index contributed by atoms with van der Waals surface area (Å²) in [4.78, 5) is 40.4. The Balaban J connectivity index is 1.28. The predicted octanol–water partition coefficient (Wildman–Crippen LogP) is 3.55. The van der Waals surface area contributed by atoms with E-state index in [-0.39, 0.29) is 31.4 Å². The number of nitrogens with zero attached hydrogens (tertiary/aromatic N) is 2.